The Labute approximate surface area is 159 Å². The smallest absolute Gasteiger partial charge is 0.315 e. The minimum Gasteiger partial charge on any atom is -0.481 e. The molecule has 2 heterocycles. The van der Waals surface area contributed by atoms with E-state index in [9.17, 15) is 19.5 Å². The van der Waals surface area contributed by atoms with Crippen molar-refractivity contribution < 1.29 is 14.7 Å². The van der Waals surface area contributed by atoms with E-state index in [2.05, 4.69) is 10.3 Å². The second-order valence-corrected chi connectivity index (χ2v) is 7.71. The number of aromatic nitrogens is 2. The number of carbonyl (C=O) groups excluding carboxylic acids is 1. The van der Waals surface area contributed by atoms with E-state index in [4.69, 9.17) is 0 Å². The van der Waals surface area contributed by atoms with Crippen molar-refractivity contribution in [3.05, 3.63) is 68.6 Å². The maximum atomic E-state index is 12.7. The minimum absolute atomic E-state index is 0.116. The molecule has 0 spiro atoms. The third-order valence-electron chi connectivity index (χ3n) is 4.75. The van der Waals surface area contributed by atoms with Crippen LogP contribution in [-0.4, -0.2) is 32.9 Å². The molecule has 0 aliphatic rings. The van der Waals surface area contributed by atoms with Crippen LogP contribution in [0.2, 0.25) is 0 Å². The Hall–Kier alpha value is -3.00. The normalized spacial score (nSPS) is 13.3. The number of aliphatic carboxylic acids is 1. The number of aryl methyl sites for hydroxylation is 2. The van der Waals surface area contributed by atoms with Crippen LogP contribution in [0.5, 0.6) is 0 Å². The van der Waals surface area contributed by atoms with E-state index < -0.39 is 22.9 Å². The Morgan fingerprint density at radius 3 is 2.56 bits per heavy atom. The summed E-state index contributed by atoms with van der Waals surface area (Å²) in [7, 11) is 0. The van der Waals surface area contributed by atoms with Crippen molar-refractivity contribution >= 4 is 28.2 Å². The topological polar surface area (TPSA) is 101 Å². The summed E-state index contributed by atoms with van der Waals surface area (Å²) >= 11 is 1.37. The second-order valence-electron chi connectivity index (χ2n) is 6.52. The Morgan fingerprint density at radius 1 is 1.26 bits per heavy atom. The van der Waals surface area contributed by atoms with Gasteiger partial charge in [0, 0.05) is 23.3 Å². The van der Waals surface area contributed by atoms with Crippen molar-refractivity contribution in [2.75, 3.05) is 6.54 Å². The van der Waals surface area contributed by atoms with Gasteiger partial charge in [-0.1, -0.05) is 30.3 Å². The fourth-order valence-electron chi connectivity index (χ4n) is 2.79. The largest absolute Gasteiger partial charge is 0.481 e. The third-order valence-corrected chi connectivity index (χ3v) is 5.82. The summed E-state index contributed by atoms with van der Waals surface area (Å²) in [5, 5.41) is 12.3. The average molecular weight is 385 g/mol. The summed E-state index contributed by atoms with van der Waals surface area (Å²) in [6.07, 6.45) is 1.24. The summed E-state index contributed by atoms with van der Waals surface area (Å²) in [6, 6.07) is 8.66. The molecule has 1 atom stereocenters. The maximum absolute atomic E-state index is 12.7. The molecule has 3 aromatic rings. The number of carboxylic acids is 1. The van der Waals surface area contributed by atoms with Crippen LogP contribution in [0.4, 0.5) is 0 Å². The molecule has 7 nitrogen and oxygen atoms in total. The Bertz CT molecular complexity index is 1090. The number of hydrogen-bond acceptors (Lipinski definition) is 5. The molecular formula is C19H19N3O4S. The van der Waals surface area contributed by atoms with E-state index in [0.29, 0.717) is 10.5 Å². The van der Waals surface area contributed by atoms with Gasteiger partial charge >= 0.3 is 5.97 Å². The molecule has 2 aromatic heterocycles. The molecule has 1 aromatic carbocycles. The molecule has 0 radical (unpaired) electrons. The van der Waals surface area contributed by atoms with Gasteiger partial charge in [0.15, 0.2) is 4.96 Å². The van der Waals surface area contributed by atoms with Crippen LogP contribution in [-0.2, 0) is 10.2 Å². The zero-order valence-electron chi connectivity index (χ0n) is 15.1. The van der Waals surface area contributed by atoms with E-state index in [1.165, 1.54) is 28.9 Å². The molecular weight excluding hydrogens is 366 g/mol. The number of carbonyl (C=O) groups is 2. The highest BCUT2D eigenvalue weighted by molar-refractivity contribution is 7.17. The molecule has 0 saturated heterocycles. The highest BCUT2D eigenvalue weighted by Crippen LogP contribution is 2.23. The van der Waals surface area contributed by atoms with Crippen LogP contribution in [0.1, 0.15) is 33.4 Å². The van der Waals surface area contributed by atoms with E-state index in [1.807, 2.05) is 6.92 Å². The quantitative estimate of drug-likeness (QED) is 0.701. The summed E-state index contributed by atoms with van der Waals surface area (Å²) in [5.41, 5.74) is -0.598. The van der Waals surface area contributed by atoms with Gasteiger partial charge in [-0.2, -0.15) is 0 Å². The minimum atomic E-state index is -1.32. The zero-order valence-corrected chi connectivity index (χ0v) is 16.0. The number of carboxylic acid groups (broad SMARTS) is 1. The first-order valence-electron chi connectivity index (χ1n) is 8.30. The van der Waals surface area contributed by atoms with Gasteiger partial charge in [-0.15, -0.1) is 11.3 Å². The van der Waals surface area contributed by atoms with Crippen molar-refractivity contribution in [1.82, 2.24) is 14.7 Å². The van der Waals surface area contributed by atoms with Crippen molar-refractivity contribution in [3.63, 3.8) is 0 Å². The van der Waals surface area contributed by atoms with Gasteiger partial charge < -0.3 is 10.4 Å². The molecule has 0 aliphatic heterocycles. The van der Waals surface area contributed by atoms with Crippen LogP contribution in [0.3, 0.4) is 0 Å². The first-order valence-corrected chi connectivity index (χ1v) is 9.12. The summed E-state index contributed by atoms with van der Waals surface area (Å²) in [5.74, 6) is -1.71. The Morgan fingerprint density at radius 2 is 1.93 bits per heavy atom. The second kappa shape index (κ2) is 6.96. The summed E-state index contributed by atoms with van der Waals surface area (Å²) in [4.78, 5) is 42.7. The van der Waals surface area contributed by atoms with Gasteiger partial charge in [-0.25, -0.2) is 4.98 Å². The van der Waals surface area contributed by atoms with Crippen LogP contribution in [0.15, 0.2) is 41.3 Å². The van der Waals surface area contributed by atoms with E-state index in [-0.39, 0.29) is 12.1 Å². The van der Waals surface area contributed by atoms with E-state index in [0.717, 1.165) is 10.6 Å². The molecule has 140 valence electrons. The van der Waals surface area contributed by atoms with E-state index >= 15 is 0 Å². The molecule has 0 fully saturated rings. The molecule has 8 heteroatoms. The number of fused-ring (bicyclic) bond motifs is 1. The number of benzene rings is 1. The highest BCUT2D eigenvalue weighted by atomic mass is 32.1. The first-order chi connectivity index (χ1) is 12.8. The number of nitrogens with one attached hydrogen (secondary N) is 1. The predicted octanol–water partition coefficient (Wildman–Crippen LogP) is 2.15. The fourth-order valence-corrected chi connectivity index (χ4v) is 3.72. The van der Waals surface area contributed by atoms with Gasteiger partial charge in [0.05, 0.1) is 0 Å². The van der Waals surface area contributed by atoms with Gasteiger partial charge in [0.2, 0.25) is 0 Å². The zero-order chi connectivity index (χ0) is 19.8. The van der Waals surface area contributed by atoms with Crippen LogP contribution < -0.4 is 10.9 Å². The average Bonchev–Trinajstić information content (AvgIpc) is 2.95. The monoisotopic (exact) mass is 385 g/mol. The highest BCUT2D eigenvalue weighted by Gasteiger charge is 2.35. The molecule has 1 amide bonds. The molecule has 1 unspecified atom stereocenters. The van der Waals surface area contributed by atoms with Gasteiger partial charge in [0.25, 0.3) is 11.5 Å². The fraction of sp³-hybridized carbons (Fsp3) is 0.263. The standard InChI is InChI=1S/C19H19N3O4S/c1-11-12(2)27-18-20-9-14(16(24)22(11)18)15(23)21-10-19(3,17(25)26)13-7-5-4-6-8-13/h4-9H,10H2,1-3H3,(H,21,23)(H,25,26). The molecule has 0 bridgehead atoms. The lowest BCUT2D eigenvalue weighted by Crippen LogP contribution is -2.45. The van der Waals surface area contributed by atoms with E-state index in [1.54, 1.807) is 37.3 Å². The van der Waals surface area contributed by atoms with Crippen molar-refractivity contribution in [2.45, 2.75) is 26.2 Å². The molecule has 2 N–H and O–H groups in total. The van der Waals surface area contributed by atoms with Gasteiger partial charge in [-0.3, -0.25) is 18.8 Å². The molecule has 0 saturated carbocycles. The number of thiazole rings is 1. The number of nitrogens with zero attached hydrogens (tertiary/aromatic N) is 2. The number of hydrogen-bond donors (Lipinski definition) is 2. The molecule has 27 heavy (non-hydrogen) atoms. The summed E-state index contributed by atoms with van der Waals surface area (Å²) in [6.45, 7) is 5.05. The maximum Gasteiger partial charge on any atom is 0.315 e. The van der Waals surface area contributed by atoms with Gasteiger partial charge in [0.1, 0.15) is 11.0 Å². The lowest BCUT2D eigenvalue weighted by molar-refractivity contribution is -0.142. The van der Waals surface area contributed by atoms with Crippen molar-refractivity contribution in [1.29, 1.82) is 0 Å². The number of amides is 1. The van der Waals surface area contributed by atoms with Crippen LogP contribution in [0, 0.1) is 13.8 Å². The lowest BCUT2D eigenvalue weighted by Gasteiger charge is -2.25. The third kappa shape index (κ3) is 3.23. The SMILES string of the molecule is Cc1sc2ncc(C(=O)NCC(C)(C(=O)O)c3ccccc3)c(=O)n2c1C. The van der Waals surface area contributed by atoms with Gasteiger partial charge in [-0.05, 0) is 26.3 Å². The number of rotatable bonds is 5. The first kappa shape index (κ1) is 18.8. The Balaban J connectivity index is 1.90. The van der Waals surface area contributed by atoms with Crippen LogP contribution >= 0.6 is 11.3 Å². The van der Waals surface area contributed by atoms with Crippen LogP contribution in [0.25, 0.3) is 4.96 Å². The summed E-state index contributed by atoms with van der Waals surface area (Å²) < 4.78 is 1.41. The lowest BCUT2D eigenvalue weighted by atomic mass is 9.82. The van der Waals surface area contributed by atoms with Crippen molar-refractivity contribution in [2.24, 2.45) is 0 Å². The molecule has 0 aliphatic carbocycles. The molecule has 3 rings (SSSR count). The predicted molar refractivity (Wildman–Crippen MR) is 103 cm³/mol. The Kier molecular flexibility index (Phi) is 4.84. The van der Waals surface area contributed by atoms with Crippen molar-refractivity contribution in [3.8, 4) is 0 Å².